The second-order valence-corrected chi connectivity index (χ2v) is 6.35. The van der Waals surface area contributed by atoms with Crippen molar-refractivity contribution in [2.75, 3.05) is 19.6 Å². The van der Waals surface area contributed by atoms with E-state index in [1.165, 1.54) is 6.20 Å². The molecular formula is C16H17N5O3. The molecule has 124 valence electrons. The summed E-state index contributed by atoms with van der Waals surface area (Å²) in [4.78, 5) is 33.1. The van der Waals surface area contributed by atoms with Crippen molar-refractivity contribution in [1.82, 2.24) is 25.1 Å². The number of hydrogen-bond donors (Lipinski definition) is 0. The third kappa shape index (κ3) is 2.44. The summed E-state index contributed by atoms with van der Waals surface area (Å²) in [6.45, 7) is 2.19. The number of nitrogens with zero attached hydrogens (tertiary/aromatic N) is 5. The predicted octanol–water partition coefficient (Wildman–Crippen LogP) is 0.729. The normalized spacial score (nSPS) is 23.4. The lowest BCUT2D eigenvalue weighted by Gasteiger charge is -2.23. The fourth-order valence-electron chi connectivity index (χ4n) is 3.58. The molecule has 0 bridgehead atoms. The smallest absolute Gasteiger partial charge is 0.277 e. The molecule has 2 amide bonds. The van der Waals surface area contributed by atoms with Gasteiger partial charge in [0.05, 0.1) is 17.7 Å². The minimum absolute atomic E-state index is 0.113. The van der Waals surface area contributed by atoms with Crippen LogP contribution in [0.15, 0.2) is 35.2 Å². The zero-order valence-corrected chi connectivity index (χ0v) is 13.1. The SMILES string of the molecule is O=C(c1cnon1)N1CCC2(CCN(Cc3ccccn3)C2=O)C1. The van der Waals surface area contributed by atoms with E-state index in [9.17, 15) is 9.59 Å². The van der Waals surface area contributed by atoms with Crippen LogP contribution in [0.25, 0.3) is 0 Å². The molecule has 2 aromatic heterocycles. The van der Waals surface area contributed by atoms with Crippen LogP contribution >= 0.6 is 0 Å². The van der Waals surface area contributed by atoms with Crippen molar-refractivity contribution >= 4 is 11.8 Å². The number of pyridine rings is 1. The summed E-state index contributed by atoms with van der Waals surface area (Å²) in [5.74, 6) is -0.120. The van der Waals surface area contributed by atoms with Crippen molar-refractivity contribution in [3.05, 3.63) is 42.0 Å². The molecule has 8 heteroatoms. The van der Waals surface area contributed by atoms with Gasteiger partial charge in [-0.25, -0.2) is 4.63 Å². The third-order valence-corrected chi connectivity index (χ3v) is 4.90. The number of carbonyl (C=O) groups excluding carboxylic acids is 2. The van der Waals surface area contributed by atoms with Gasteiger partial charge in [-0.15, -0.1) is 0 Å². The molecule has 2 saturated heterocycles. The topological polar surface area (TPSA) is 92.4 Å². The van der Waals surface area contributed by atoms with E-state index in [2.05, 4.69) is 19.9 Å². The summed E-state index contributed by atoms with van der Waals surface area (Å²) < 4.78 is 4.49. The molecule has 2 aliphatic heterocycles. The Morgan fingerprint density at radius 2 is 2.17 bits per heavy atom. The minimum atomic E-state index is -0.471. The monoisotopic (exact) mass is 327 g/mol. The van der Waals surface area contributed by atoms with Gasteiger partial charge in [0.2, 0.25) is 5.91 Å². The van der Waals surface area contributed by atoms with E-state index in [1.807, 2.05) is 23.1 Å². The van der Waals surface area contributed by atoms with Crippen LogP contribution in [0.4, 0.5) is 0 Å². The van der Waals surface area contributed by atoms with Gasteiger partial charge in [0, 0.05) is 25.8 Å². The lowest BCUT2D eigenvalue weighted by Crippen LogP contribution is -2.38. The fraction of sp³-hybridized carbons (Fsp3) is 0.438. The van der Waals surface area contributed by atoms with E-state index >= 15 is 0 Å². The molecule has 0 radical (unpaired) electrons. The van der Waals surface area contributed by atoms with Crippen LogP contribution in [0.3, 0.4) is 0 Å². The average Bonchev–Trinajstić information content (AvgIpc) is 3.34. The Labute approximate surface area is 138 Å². The van der Waals surface area contributed by atoms with E-state index in [4.69, 9.17) is 0 Å². The summed E-state index contributed by atoms with van der Waals surface area (Å²) in [6.07, 6.45) is 4.48. The van der Waals surface area contributed by atoms with Gasteiger partial charge >= 0.3 is 0 Å². The molecule has 4 rings (SSSR count). The van der Waals surface area contributed by atoms with Crippen molar-refractivity contribution in [2.24, 2.45) is 5.41 Å². The van der Waals surface area contributed by atoms with Gasteiger partial charge in [-0.2, -0.15) is 0 Å². The van der Waals surface area contributed by atoms with Crippen molar-refractivity contribution in [3.63, 3.8) is 0 Å². The molecular weight excluding hydrogens is 310 g/mol. The van der Waals surface area contributed by atoms with Gasteiger partial charge in [0.25, 0.3) is 5.91 Å². The molecule has 0 saturated carbocycles. The van der Waals surface area contributed by atoms with Crippen LogP contribution < -0.4 is 0 Å². The number of carbonyl (C=O) groups is 2. The van der Waals surface area contributed by atoms with E-state index in [0.717, 1.165) is 12.1 Å². The second kappa shape index (κ2) is 5.70. The van der Waals surface area contributed by atoms with Crippen LogP contribution in [-0.2, 0) is 11.3 Å². The number of amides is 2. The molecule has 4 heterocycles. The summed E-state index contributed by atoms with van der Waals surface area (Å²) in [5.41, 5.74) is 0.590. The van der Waals surface area contributed by atoms with Gasteiger partial charge in [-0.05, 0) is 30.1 Å². The first-order valence-corrected chi connectivity index (χ1v) is 7.94. The molecule has 1 atom stereocenters. The molecule has 8 nitrogen and oxygen atoms in total. The number of rotatable bonds is 3. The Kier molecular flexibility index (Phi) is 3.51. The molecule has 1 unspecified atom stereocenters. The van der Waals surface area contributed by atoms with Crippen molar-refractivity contribution in [3.8, 4) is 0 Å². The van der Waals surface area contributed by atoms with Crippen molar-refractivity contribution < 1.29 is 14.2 Å². The largest absolute Gasteiger partial charge is 0.336 e. The lowest BCUT2D eigenvalue weighted by atomic mass is 9.85. The highest BCUT2D eigenvalue weighted by atomic mass is 16.6. The summed E-state index contributed by atoms with van der Waals surface area (Å²) in [6, 6.07) is 5.69. The molecule has 2 aliphatic rings. The summed E-state index contributed by atoms with van der Waals surface area (Å²) in [7, 11) is 0. The maximum absolute atomic E-state index is 12.9. The standard InChI is InChI=1S/C16H17N5O3/c22-14(13-9-18-24-19-13)21-8-5-16(11-21)4-7-20(15(16)23)10-12-3-1-2-6-17-12/h1-3,6,9H,4-5,7-8,10-11H2. The second-order valence-electron chi connectivity index (χ2n) is 6.35. The Morgan fingerprint density at radius 3 is 2.92 bits per heavy atom. The van der Waals surface area contributed by atoms with Gasteiger partial charge in [0.15, 0.2) is 5.69 Å². The van der Waals surface area contributed by atoms with Crippen LogP contribution in [-0.4, -0.2) is 56.5 Å². The number of likely N-dealkylation sites (tertiary alicyclic amines) is 2. The molecule has 24 heavy (non-hydrogen) atoms. The molecule has 2 fully saturated rings. The average molecular weight is 327 g/mol. The summed E-state index contributed by atoms with van der Waals surface area (Å²) in [5, 5.41) is 7.05. The first-order valence-electron chi connectivity index (χ1n) is 7.94. The third-order valence-electron chi connectivity index (χ3n) is 4.90. The molecule has 0 aliphatic carbocycles. The van der Waals surface area contributed by atoms with Gasteiger partial charge < -0.3 is 9.80 Å². The first kappa shape index (κ1) is 14.8. The quantitative estimate of drug-likeness (QED) is 0.825. The van der Waals surface area contributed by atoms with Gasteiger partial charge in [0.1, 0.15) is 6.20 Å². The molecule has 1 spiro atoms. The van der Waals surface area contributed by atoms with Gasteiger partial charge in [-0.1, -0.05) is 11.2 Å². The lowest BCUT2D eigenvalue weighted by molar-refractivity contribution is -0.135. The van der Waals surface area contributed by atoms with Crippen LogP contribution in [0, 0.1) is 5.41 Å². The Hall–Kier alpha value is -2.77. The highest BCUT2D eigenvalue weighted by Gasteiger charge is 2.51. The van der Waals surface area contributed by atoms with Crippen LogP contribution in [0.1, 0.15) is 29.0 Å². The Morgan fingerprint density at radius 1 is 1.29 bits per heavy atom. The molecule has 0 N–H and O–H groups in total. The van der Waals surface area contributed by atoms with Crippen LogP contribution in [0.2, 0.25) is 0 Å². The number of aromatic nitrogens is 3. The summed E-state index contributed by atoms with van der Waals surface area (Å²) >= 11 is 0. The zero-order chi connectivity index (χ0) is 16.6. The zero-order valence-electron chi connectivity index (χ0n) is 13.1. The van der Waals surface area contributed by atoms with E-state index < -0.39 is 5.41 Å². The highest BCUT2D eigenvalue weighted by molar-refractivity contribution is 5.93. The van der Waals surface area contributed by atoms with Crippen molar-refractivity contribution in [2.45, 2.75) is 19.4 Å². The maximum Gasteiger partial charge on any atom is 0.277 e. The Balaban J connectivity index is 1.45. The Bertz CT molecular complexity index is 748. The minimum Gasteiger partial charge on any atom is -0.336 e. The molecule has 0 aromatic carbocycles. The van der Waals surface area contributed by atoms with Crippen molar-refractivity contribution in [1.29, 1.82) is 0 Å². The number of hydrogen-bond acceptors (Lipinski definition) is 6. The molecule has 2 aromatic rings. The van der Waals surface area contributed by atoms with Gasteiger partial charge in [-0.3, -0.25) is 14.6 Å². The van der Waals surface area contributed by atoms with E-state index in [1.54, 1.807) is 11.1 Å². The predicted molar refractivity (Wildman–Crippen MR) is 81.5 cm³/mol. The van der Waals surface area contributed by atoms with E-state index in [0.29, 0.717) is 32.6 Å². The highest BCUT2D eigenvalue weighted by Crippen LogP contribution is 2.41. The van der Waals surface area contributed by atoms with Crippen LogP contribution in [0.5, 0.6) is 0 Å². The maximum atomic E-state index is 12.9. The van der Waals surface area contributed by atoms with E-state index in [-0.39, 0.29) is 17.5 Å². The fourth-order valence-corrected chi connectivity index (χ4v) is 3.58. The first-order chi connectivity index (χ1) is 11.7.